The van der Waals surface area contributed by atoms with E-state index < -0.39 is 11.5 Å². The van der Waals surface area contributed by atoms with Crippen molar-refractivity contribution in [1.29, 1.82) is 0 Å². The van der Waals surface area contributed by atoms with E-state index in [2.05, 4.69) is 62.1 Å². The van der Waals surface area contributed by atoms with Crippen LogP contribution in [-0.2, 0) is 16.8 Å². The second kappa shape index (κ2) is 13.2. The first-order valence-electron chi connectivity index (χ1n) is 14.1. The number of likely N-dealkylation sites (N-methyl/N-ethyl adjacent to an activating group) is 1. The Morgan fingerprint density at radius 3 is 2.38 bits per heavy atom. The normalized spacial score (nSPS) is 15.7. The first-order valence-corrected chi connectivity index (χ1v) is 14.1. The summed E-state index contributed by atoms with van der Waals surface area (Å²) >= 11 is 0. The van der Waals surface area contributed by atoms with E-state index in [0.29, 0.717) is 50.3 Å². The highest BCUT2D eigenvalue weighted by molar-refractivity contribution is 5.84. The van der Waals surface area contributed by atoms with Crippen LogP contribution in [0.1, 0.15) is 39.2 Å². The Morgan fingerprint density at radius 2 is 1.79 bits per heavy atom. The fraction of sp³-hybridized carbons (Fsp3) is 0.500. The van der Waals surface area contributed by atoms with Crippen LogP contribution in [0.15, 0.2) is 48.6 Å². The highest BCUT2D eigenvalue weighted by atomic mass is 16.5. The van der Waals surface area contributed by atoms with Gasteiger partial charge in [-0.15, -0.1) is 0 Å². The van der Waals surface area contributed by atoms with Gasteiger partial charge in [-0.1, -0.05) is 26.0 Å². The molecule has 1 fully saturated rings. The van der Waals surface area contributed by atoms with Crippen LogP contribution in [0, 0.1) is 0 Å². The van der Waals surface area contributed by atoms with Crippen LogP contribution in [0.4, 0.5) is 5.82 Å². The van der Waals surface area contributed by atoms with Crippen molar-refractivity contribution in [3.05, 3.63) is 60.1 Å². The molecule has 4 heterocycles. The predicted octanol–water partition coefficient (Wildman–Crippen LogP) is 2.98. The molecule has 1 aliphatic heterocycles. The van der Waals surface area contributed by atoms with Gasteiger partial charge in [-0.05, 0) is 19.9 Å². The Balaban J connectivity index is 1.46. The van der Waals surface area contributed by atoms with Crippen molar-refractivity contribution in [1.82, 2.24) is 39.0 Å². The largest absolute Gasteiger partial charge is 0.481 e. The number of anilines is 1. The van der Waals surface area contributed by atoms with Crippen molar-refractivity contribution in [2.75, 3.05) is 59.8 Å². The number of nitrogens with one attached hydrogen (secondary N) is 1. The molecule has 0 aromatic carbocycles. The molecule has 0 saturated carbocycles. The predicted molar refractivity (Wildman–Crippen MR) is 163 cm³/mol. The molecule has 1 amide bonds. The zero-order valence-corrected chi connectivity index (χ0v) is 26.0. The lowest BCUT2D eigenvalue weighted by atomic mass is 9.88. The summed E-state index contributed by atoms with van der Waals surface area (Å²) < 4.78 is 12.5. The number of piperazine rings is 1. The molecular weight excluding hydrogens is 534 g/mol. The summed E-state index contributed by atoms with van der Waals surface area (Å²) in [6, 6.07) is 1.20. The van der Waals surface area contributed by atoms with Gasteiger partial charge < -0.3 is 24.6 Å². The first kappa shape index (κ1) is 30.8. The molecule has 1 aliphatic rings. The molecule has 42 heavy (non-hydrogen) atoms. The third-order valence-electron chi connectivity index (χ3n) is 7.44. The van der Waals surface area contributed by atoms with Crippen molar-refractivity contribution >= 4 is 17.4 Å². The molecule has 1 atom stereocenters. The van der Waals surface area contributed by atoms with Crippen molar-refractivity contribution in [2.24, 2.45) is 0 Å². The standard InChI is InChI=1S/C30H43N9O3/c1-9-22(36(5)6)10-11-30(3,4)27-28(39-13-12-31-19-24(39)35-27)32-21(2)29(40)38-16-14-37(15-17-38)20-23-33-25(41-7)18-26(34-23)42-8/h9-13,18-19,21,32H,14-17,20H2,1-8H3/b11-10-,22-9+. The first-order chi connectivity index (χ1) is 20.1. The summed E-state index contributed by atoms with van der Waals surface area (Å²) in [5.74, 6) is 2.39. The lowest BCUT2D eigenvalue weighted by Crippen LogP contribution is -2.52. The molecule has 226 valence electrons. The fourth-order valence-electron chi connectivity index (χ4n) is 4.97. The van der Waals surface area contributed by atoms with E-state index in [4.69, 9.17) is 14.5 Å². The quantitative estimate of drug-likeness (QED) is 0.341. The molecule has 12 nitrogen and oxygen atoms in total. The number of fused-ring (bicyclic) bond motifs is 1. The average molecular weight is 578 g/mol. The Kier molecular flexibility index (Phi) is 9.66. The number of allylic oxidation sites excluding steroid dienone is 3. The zero-order valence-electron chi connectivity index (χ0n) is 26.0. The SMILES string of the molecule is C/C=C(\C=C/C(C)(C)c1nc2cnccn2c1NC(C)C(=O)N1CCN(Cc2nc(OC)cc(OC)n2)CC1)N(C)C. The van der Waals surface area contributed by atoms with Gasteiger partial charge in [-0.2, -0.15) is 9.97 Å². The molecule has 0 aliphatic carbocycles. The van der Waals surface area contributed by atoms with E-state index >= 15 is 0 Å². The van der Waals surface area contributed by atoms with E-state index in [1.165, 1.54) is 0 Å². The number of imidazole rings is 1. The zero-order chi connectivity index (χ0) is 30.4. The highest BCUT2D eigenvalue weighted by Gasteiger charge is 2.30. The number of carbonyl (C=O) groups is 1. The van der Waals surface area contributed by atoms with Gasteiger partial charge in [0, 0.05) is 63.8 Å². The van der Waals surface area contributed by atoms with Crippen molar-refractivity contribution in [3.8, 4) is 11.8 Å². The maximum Gasteiger partial charge on any atom is 0.244 e. The monoisotopic (exact) mass is 577 g/mol. The van der Waals surface area contributed by atoms with Gasteiger partial charge in [0.05, 0.1) is 38.7 Å². The van der Waals surface area contributed by atoms with E-state index in [1.54, 1.807) is 32.7 Å². The van der Waals surface area contributed by atoms with Crippen LogP contribution in [0.5, 0.6) is 11.8 Å². The number of carbonyl (C=O) groups excluding carboxylic acids is 1. The number of ether oxygens (including phenoxy) is 2. The van der Waals surface area contributed by atoms with Crippen molar-refractivity contribution < 1.29 is 14.3 Å². The summed E-state index contributed by atoms with van der Waals surface area (Å²) in [5, 5.41) is 3.50. The molecule has 1 N–H and O–H groups in total. The number of aromatic nitrogens is 5. The van der Waals surface area contributed by atoms with Gasteiger partial charge >= 0.3 is 0 Å². The van der Waals surface area contributed by atoms with Gasteiger partial charge in [0.25, 0.3) is 0 Å². The Hall–Kier alpha value is -4.19. The molecule has 1 saturated heterocycles. The molecule has 0 bridgehead atoms. The lowest BCUT2D eigenvalue weighted by Gasteiger charge is -2.36. The molecule has 0 spiro atoms. The third-order valence-corrected chi connectivity index (χ3v) is 7.44. The summed E-state index contributed by atoms with van der Waals surface area (Å²) in [5.41, 5.74) is 2.25. The van der Waals surface area contributed by atoms with Crippen LogP contribution in [0.3, 0.4) is 0 Å². The number of nitrogens with zero attached hydrogens (tertiary/aromatic N) is 8. The number of hydrogen-bond donors (Lipinski definition) is 1. The lowest BCUT2D eigenvalue weighted by molar-refractivity contribution is -0.133. The van der Waals surface area contributed by atoms with Crippen molar-refractivity contribution in [2.45, 2.75) is 45.7 Å². The minimum absolute atomic E-state index is 0.0427. The van der Waals surface area contributed by atoms with Gasteiger partial charge in [0.1, 0.15) is 17.7 Å². The number of rotatable bonds is 11. The molecular formula is C30H43N9O3. The van der Waals surface area contributed by atoms with Gasteiger partial charge in [-0.3, -0.25) is 19.1 Å². The summed E-state index contributed by atoms with van der Waals surface area (Å²) in [6.07, 6.45) is 11.7. The molecule has 0 radical (unpaired) electrons. The number of hydrogen-bond acceptors (Lipinski definition) is 10. The van der Waals surface area contributed by atoms with E-state index in [0.717, 1.165) is 22.9 Å². The Labute approximate surface area is 248 Å². The van der Waals surface area contributed by atoms with Crippen LogP contribution >= 0.6 is 0 Å². The minimum Gasteiger partial charge on any atom is -0.481 e. The molecule has 4 rings (SSSR count). The summed E-state index contributed by atoms with van der Waals surface area (Å²) in [4.78, 5) is 37.9. The Bertz CT molecular complexity index is 1420. The average Bonchev–Trinajstić information content (AvgIpc) is 3.36. The maximum absolute atomic E-state index is 13.6. The molecule has 12 heteroatoms. The Morgan fingerprint density at radius 1 is 1.12 bits per heavy atom. The topological polar surface area (TPSA) is 113 Å². The number of methoxy groups -OCH3 is 2. The summed E-state index contributed by atoms with van der Waals surface area (Å²) in [7, 11) is 7.18. The molecule has 1 unspecified atom stereocenters. The summed E-state index contributed by atoms with van der Waals surface area (Å²) in [6.45, 7) is 11.4. The smallest absolute Gasteiger partial charge is 0.244 e. The van der Waals surface area contributed by atoms with E-state index in [-0.39, 0.29) is 5.91 Å². The van der Waals surface area contributed by atoms with Gasteiger partial charge in [-0.25, -0.2) is 4.98 Å². The molecule has 3 aromatic rings. The maximum atomic E-state index is 13.6. The van der Waals surface area contributed by atoms with Crippen LogP contribution in [-0.4, -0.2) is 105 Å². The van der Waals surface area contributed by atoms with E-state index in [1.807, 2.05) is 43.4 Å². The second-order valence-corrected chi connectivity index (χ2v) is 11.1. The minimum atomic E-state index is -0.456. The second-order valence-electron chi connectivity index (χ2n) is 11.1. The van der Waals surface area contributed by atoms with Gasteiger partial charge in [0.2, 0.25) is 17.7 Å². The highest BCUT2D eigenvalue weighted by Crippen LogP contribution is 2.32. The van der Waals surface area contributed by atoms with Crippen molar-refractivity contribution in [3.63, 3.8) is 0 Å². The van der Waals surface area contributed by atoms with Crippen LogP contribution in [0.25, 0.3) is 5.65 Å². The fourth-order valence-corrected chi connectivity index (χ4v) is 4.97. The number of amides is 1. The molecule has 3 aromatic heterocycles. The van der Waals surface area contributed by atoms with Gasteiger partial charge in [0.15, 0.2) is 5.65 Å². The van der Waals surface area contributed by atoms with E-state index in [9.17, 15) is 4.79 Å². The van der Waals surface area contributed by atoms with Crippen LogP contribution < -0.4 is 14.8 Å². The third kappa shape index (κ3) is 6.99. The van der Waals surface area contributed by atoms with Crippen LogP contribution in [0.2, 0.25) is 0 Å².